The Kier molecular flexibility index (Phi) is 4.35. The minimum atomic E-state index is -0.383. The summed E-state index contributed by atoms with van der Waals surface area (Å²) in [5.41, 5.74) is 3.56. The van der Waals surface area contributed by atoms with Gasteiger partial charge in [-0.2, -0.15) is 10.2 Å². The van der Waals surface area contributed by atoms with E-state index in [1.54, 1.807) is 17.1 Å². The molecule has 0 saturated carbocycles. The fourth-order valence-corrected chi connectivity index (χ4v) is 3.48. The van der Waals surface area contributed by atoms with Gasteiger partial charge in [0.05, 0.1) is 18.4 Å². The van der Waals surface area contributed by atoms with Crippen LogP contribution in [-0.2, 0) is 24.2 Å². The van der Waals surface area contributed by atoms with E-state index in [0.29, 0.717) is 30.8 Å². The lowest BCUT2D eigenvalue weighted by Crippen LogP contribution is -2.27. The van der Waals surface area contributed by atoms with E-state index in [1.807, 2.05) is 37.3 Å². The van der Waals surface area contributed by atoms with Crippen LogP contribution in [0.4, 0.5) is 5.69 Å². The van der Waals surface area contributed by atoms with Gasteiger partial charge in [-0.25, -0.2) is 0 Å². The first-order valence-corrected chi connectivity index (χ1v) is 8.96. The second kappa shape index (κ2) is 6.83. The number of aromatic nitrogens is 4. The predicted octanol–water partition coefficient (Wildman–Crippen LogP) is 2.60. The van der Waals surface area contributed by atoms with Gasteiger partial charge in [-0.1, -0.05) is 37.3 Å². The van der Waals surface area contributed by atoms with Crippen LogP contribution < -0.4 is 5.32 Å². The van der Waals surface area contributed by atoms with Crippen LogP contribution in [0.25, 0.3) is 0 Å². The average Bonchev–Trinajstić information content (AvgIpc) is 3.29. The molecule has 1 aromatic carbocycles. The molecule has 2 N–H and O–H groups in total. The van der Waals surface area contributed by atoms with Crippen molar-refractivity contribution in [3.63, 3.8) is 0 Å². The molecule has 1 aliphatic rings. The van der Waals surface area contributed by atoms with E-state index in [4.69, 9.17) is 0 Å². The molecule has 1 atom stereocenters. The van der Waals surface area contributed by atoms with Crippen molar-refractivity contribution in [3.05, 3.63) is 65.2 Å². The van der Waals surface area contributed by atoms with Crippen molar-refractivity contribution >= 4 is 17.9 Å². The summed E-state index contributed by atoms with van der Waals surface area (Å²) in [6.07, 6.45) is 6.39. The van der Waals surface area contributed by atoms with Crippen molar-refractivity contribution in [3.8, 4) is 0 Å². The van der Waals surface area contributed by atoms with Gasteiger partial charge in [0, 0.05) is 29.3 Å². The van der Waals surface area contributed by atoms with Crippen LogP contribution >= 0.6 is 0 Å². The highest BCUT2D eigenvalue weighted by Crippen LogP contribution is 2.34. The number of amides is 1. The molecule has 1 aliphatic carbocycles. The van der Waals surface area contributed by atoms with Crippen molar-refractivity contribution in [1.82, 2.24) is 20.0 Å². The second-order valence-corrected chi connectivity index (χ2v) is 7.34. The van der Waals surface area contributed by atoms with Crippen LogP contribution in [0.15, 0.2) is 42.7 Å². The Morgan fingerprint density at radius 3 is 2.96 bits per heavy atom. The Labute approximate surface area is 156 Å². The van der Waals surface area contributed by atoms with E-state index in [2.05, 4.69) is 20.6 Å². The second-order valence-electron chi connectivity index (χ2n) is 7.34. The summed E-state index contributed by atoms with van der Waals surface area (Å²) in [5, 5.41) is 14.3. The lowest BCUT2D eigenvalue weighted by Gasteiger charge is -2.27. The van der Waals surface area contributed by atoms with Crippen LogP contribution in [0.5, 0.6) is 0 Å². The lowest BCUT2D eigenvalue weighted by molar-refractivity contribution is -0.116. The lowest BCUT2D eigenvalue weighted by atomic mass is 9.76. The number of nitrogens with zero attached hydrogens (tertiary/aromatic N) is 3. The third-order valence-electron chi connectivity index (χ3n) is 5.06. The minimum Gasteiger partial charge on any atom is -0.318 e. The summed E-state index contributed by atoms with van der Waals surface area (Å²) in [7, 11) is 0. The number of aldehydes is 1. The minimum absolute atomic E-state index is 0.263. The summed E-state index contributed by atoms with van der Waals surface area (Å²) in [4.78, 5) is 23.9. The molecular formula is C20H21N5O2. The first kappa shape index (κ1) is 17.2. The Balaban J connectivity index is 1.46. The first-order chi connectivity index (χ1) is 13.1. The zero-order chi connectivity index (χ0) is 18.9. The number of nitrogens with one attached hydrogen (secondary N) is 2. The van der Waals surface area contributed by atoms with E-state index in [0.717, 1.165) is 29.5 Å². The largest absolute Gasteiger partial charge is 0.318 e. The zero-order valence-corrected chi connectivity index (χ0v) is 15.1. The van der Waals surface area contributed by atoms with E-state index in [1.165, 1.54) is 0 Å². The van der Waals surface area contributed by atoms with Crippen LogP contribution in [0.2, 0.25) is 0 Å². The van der Waals surface area contributed by atoms with Gasteiger partial charge in [-0.05, 0) is 18.4 Å². The molecule has 0 bridgehead atoms. The van der Waals surface area contributed by atoms with Crippen molar-refractivity contribution in [2.75, 3.05) is 5.32 Å². The third kappa shape index (κ3) is 3.53. The maximum atomic E-state index is 12.6. The maximum absolute atomic E-state index is 12.6. The van der Waals surface area contributed by atoms with E-state index >= 15 is 0 Å². The van der Waals surface area contributed by atoms with Gasteiger partial charge in [0.1, 0.15) is 6.29 Å². The summed E-state index contributed by atoms with van der Waals surface area (Å²) in [6, 6.07) is 10.0. The summed E-state index contributed by atoms with van der Waals surface area (Å²) < 4.78 is 1.78. The number of rotatable bonds is 5. The Morgan fingerprint density at radius 1 is 1.37 bits per heavy atom. The van der Waals surface area contributed by atoms with Gasteiger partial charge >= 0.3 is 0 Å². The van der Waals surface area contributed by atoms with Gasteiger partial charge in [0.2, 0.25) is 0 Å². The predicted molar refractivity (Wildman–Crippen MR) is 101 cm³/mol. The number of anilines is 1. The number of benzene rings is 1. The van der Waals surface area contributed by atoms with Crippen molar-refractivity contribution in [2.45, 2.75) is 32.7 Å². The van der Waals surface area contributed by atoms with E-state index in [9.17, 15) is 9.59 Å². The van der Waals surface area contributed by atoms with E-state index in [-0.39, 0.29) is 11.3 Å². The average molecular weight is 363 g/mol. The van der Waals surface area contributed by atoms with Gasteiger partial charge in [-0.3, -0.25) is 14.6 Å². The molecule has 138 valence electrons. The molecule has 7 nitrogen and oxygen atoms in total. The SMILES string of the molecule is CC1(C=O)CCc2c(C(=O)Nc3cnn(Cc4ccccc4)c3)n[nH]c2C1. The normalized spacial score (nSPS) is 18.7. The highest BCUT2D eigenvalue weighted by molar-refractivity contribution is 6.04. The van der Waals surface area contributed by atoms with Crippen LogP contribution in [-0.4, -0.2) is 32.2 Å². The quantitative estimate of drug-likeness (QED) is 0.682. The standard InChI is InChI=1S/C20H21N5O2/c1-20(13-26)8-7-16-17(9-20)23-24-18(16)19(27)22-15-10-21-25(12-15)11-14-5-3-2-4-6-14/h2-6,10,12-13H,7-9,11H2,1H3,(H,22,27)(H,23,24). The molecule has 0 spiro atoms. The smallest absolute Gasteiger partial charge is 0.276 e. The monoisotopic (exact) mass is 363 g/mol. The molecule has 0 saturated heterocycles. The van der Waals surface area contributed by atoms with Crippen molar-refractivity contribution in [1.29, 1.82) is 0 Å². The van der Waals surface area contributed by atoms with Gasteiger partial charge in [-0.15, -0.1) is 0 Å². The number of carbonyl (C=O) groups is 2. The first-order valence-electron chi connectivity index (χ1n) is 8.96. The molecule has 2 aromatic heterocycles. The fourth-order valence-electron chi connectivity index (χ4n) is 3.48. The molecule has 27 heavy (non-hydrogen) atoms. The van der Waals surface area contributed by atoms with Crippen LogP contribution in [0, 0.1) is 5.41 Å². The molecule has 1 unspecified atom stereocenters. The Bertz CT molecular complexity index is 975. The number of H-pyrrole nitrogens is 1. The molecule has 2 heterocycles. The maximum Gasteiger partial charge on any atom is 0.276 e. The van der Waals surface area contributed by atoms with Gasteiger partial charge in [0.15, 0.2) is 5.69 Å². The topological polar surface area (TPSA) is 92.7 Å². The molecule has 4 rings (SSSR count). The zero-order valence-electron chi connectivity index (χ0n) is 15.1. The van der Waals surface area contributed by atoms with Crippen molar-refractivity contribution in [2.24, 2.45) is 5.41 Å². The number of hydrogen-bond acceptors (Lipinski definition) is 4. The summed E-state index contributed by atoms with van der Waals surface area (Å²) in [6.45, 7) is 2.57. The van der Waals surface area contributed by atoms with Gasteiger partial charge in [0.25, 0.3) is 5.91 Å². The number of fused-ring (bicyclic) bond motifs is 1. The highest BCUT2D eigenvalue weighted by Gasteiger charge is 2.33. The molecule has 7 heteroatoms. The molecule has 3 aromatic rings. The molecule has 1 amide bonds. The highest BCUT2D eigenvalue weighted by atomic mass is 16.2. The number of carbonyl (C=O) groups excluding carboxylic acids is 2. The third-order valence-corrected chi connectivity index (χ3v) is 5.06. The van der Waals surface area contributed by atoms with Crippen LogP contribution in [0.1, 0.15) is 40.7 Å². The summed E-state index contributed by atoms with van der Waals surface area (Å²) >= 11 is 0. The summed E-state index contributed by atoms with van der Waals surface area (Å²) in [5.74, 6) is -0.263. The molecule has 0 radical (unpaired) electrons. The van der Waals surface area contributed by atoms with E-state index < -0.39 is 0 Å². The Morgan fingerprint density at radius 2 is 2.19 bits per heavy atom. The molecular weight excluding hydrogens is 342 g/mol. The molecule has 0 aliphatic heterocycles. The van der Waals surface area contributed by atoms with Crippen molar-refractivity contribution < 1.29 is 9.59 Å². The van der Waals surface area contributed by atoms with Crippen LogP contribution in [0.3, 0.4) is 0 Å². The number of aromatic amines is 1. The van der Waals surface area contributed by atoms with Gasteiger partial charge < -0.3 is 10.1 Å². The Hall–Kier alpha value is -3.22. The fraction of sp³-hybridized carbons (Fsp3) is 0.300. The molecule has 0 fully saturated rings. The number of hydrogen-bond donors (Lipinski definition) is 2.